The Balaban J connectivity index is 1.35. The number of urea groups is 1. The Labute approximate surface area is 147 Å². The molecule has 0 radical (unpaired) electrons. The van der Waals surface area contributed by atoms with Gasteiger partial charge in [-0.1, -0.05) is 25.1 Å². The van der Waals surface area contributed by atoms with Gasteiger partial charge >= 0.3 is 6.03 Å². The Bertz CT molecular complexity index is 733. The molecule has 0 saturated carbocycles. The van der Waals surface area contributed by atoms with E-state index in [0.717, 1.165) is 23.5 Å². The van der Waals surface area contributed by atoms with Gasteiger partial charge in [-0.25, -0.2) is 4.79 Å². The second kappa shape index (κ2) is 8.28. The first-order valence-electron chi connectivity index (χ1n) is 8.36. The summed E-state index contributed by atoms with van der Waals surface area (Å²) in [6, 6.07) is 13.3. The summed E-state index contributed by atoms with van der Waals surface area (Å²) in [6.07, 6.45) is 0.970. The minimum absolute atomic E-state index is 0.233. The van der Waals surface area contributed by atoms with E-state index in [4.69, 9.17) is 14.2 Å². The maximum atomic E-state index is 11.8. The number of benzene rings is 2. The van der Waals surface area contributed by atoms with E-state index in [-0.39, 0.29) is 12.8 Å². The zero-order valence-corrected chi connectivity index (χ0v) is 14.2. The summed E-state index contributed by atoms with van der Waals surface area (Å²) in [4.78, 5) is 11.8. The molecular weight excluding hydrogens is 320 g/mol. The van der Waals surface area contributed by atoms with Crippen molar-refractivity contribution in [1.82, 2.24) is 10.6 Å². The zero-order chi connectivity index (χ0) is 17.5. The molecule has 2 aromatic carbocycles. The van der Waals surface area contributed by atoms with Crippen LogP contribution >= 0.6 is 0 Å². The van der Waals surface area contributed by atoms with E-state index in [9.17, 15) is 4.79 Å². The van der Waals surface area contributed by atoms with Crippen molar-refractivity contribution in [1.29, 1.82) is 0 Å². The quantitative estimate of drug-likeness (QED) is 0.759. The zero-order valence-electron chi connectivity index (χ0n) is 14.2. The summed E-state index contributed by atoms with van der Waals surface area (Å²) < 4.78 is 16.2. The van der Waals surface area contributed by atoms with Crippen LogP contribution in [0.25, 0.3) is 0 Å². The van der Waals surface area contributed by atoms with E-state index in [1.807, 2.05) is 36.4 Å². The lowest BCUT2D eigenvalue weighted by molar-refractivity contribution is 0.174. The second-order valence-electron chi connectivity index (χ2n) is 5.65. The fraction of sp³-hybridized carbons (Fsp3) is 0.316. The molecule has 0 aliphatic carbocycles. The molecule has 1 aliphatic heterocycles. The number of carbonyl (C=O) groups is 1. The molecule has 2 N–H and O–H groups in total. The lowest BCUT2D eigenvalue weighted by Crippen LogP contribution is -2.37. The van der Waals surface area contributed by atoms with Gasteiger partial charge in [0, 0.05) is 6.54 Å². The standard InChI is InChI=1S/C19H22N2O4/c1-2-14-4-3-5-16(10-14)23-9-8-20-19(22)21-12-15-6-7-17-18(11-15)25-13-24-17/h3-7,10-11H,2,8-9,12-13H2,1H3,(H2,20,21,22). The lowest BCUT2D eigenvalue weighted by atomic mass is 10.2. The largest absolute Gasteiger partial charge is 0.492 e. The molecule has 3 rings (SSSR count). The topological polar surface area (TPSA) is 68.8 Å². The average Bonchev–Trinajstić information content (AvgIpc) is 3.11. The molecule has 0 unspecified atom stereocenters. The molecule has 132 valence electrons. The summed E-state index contributed by atoms with van der Waals surface area (Å²) in [5, 5.41) is 5.58. The van der Waals surface area contributed by atoms with Crippen LogP contribution in [-0.4, -0.2) is 26.0 Å². The Morgan fingerprint density at radius 3 is 2.84 bits per heavy atom. The molecule has 6 nitrogen and oxygen atoms in total. The van der Waals surface area contributed by atoms with Crippen molar-refractivity contribution in [2.24, 2.45) is 0 Å². The number of fused-ring (bicyclic) bond motifs is 1. The smallest absolute Gasteiger partial charge is 0.315 e. The SMILES string of the molecule is CCc1cccc(OCCNC(=O)NCc2ccc3c(c2)OCO3)c1. The van der Waals surface area contributed by atoms with Crippen molar-refractivity contribution in [3.05, 3.63) is 53.6 Å². The van der Waals surface area contributed by atoms with E-state index in [1.165, 1.54) is 5.56 Å². The van der Waals surface area contributed by atoms with E-state index < -0.39 is 0 Å². The minimum atomic E-state index is -0.233. The molecule has 0 spiro atoms. The highest BCUT2D eigenvalue weighted by molar-refractivity contribution is 5.73. The lowest BCUT2D eigenvalue weighted by Gasteiger charge is -2.10. The normalized spacial score (nSPS) is 11.9. The molecule has 2 aromatic rings. The summed E-state index contributed by atoms with van der Waals surface area (Å²) in [6.45, 7) is 3.62. The van der Waals surface area contributed by atoms with Gasteiger partial charge in [0.25, 0.3) is 0 Å². The van der Waals surface area contributed by atoms with Crippen LogP contribution in [0.1, 0.15) is 18.1 Å². The van der Waals surface area contributed by atoms with Crippen molar-refractivity contribution in [3.8, 4) is 17.2 Å². The number of rotatable bonds is 7. The molecule has 6 heteroatoms. The van der Waals surface area contributed by atoms with Crippen LogP contribution in [0.2, 0.25) is 0 Å². The number of aryl methyl sites for hydroxylation is 1. The Hall–Kier alpha value is -2.89. The van der Waals surface area contributed by atoms with Gasteiger partial charge in [-0.05, 0) is 41.8 Å². The molecular formula is C19H22N2O4. The number of hydrogen-bond donors (Lipinski definition) is 2. The van der Waals surface area contributed by atoms with Crippen LogP contribution in [0.4, 0.5) is 4.79 Å². The Kier molecular flexibility index (Phi) is 5.61. The van der Waals surface area contributed by atoms with E-state index in [1.54, 1.807) is 0 Å². The average molecular weight is 342 g/mol. The predicted molar refractivity (Wildman–Crippen MR) is 94.1 cm³/mol. The fourth-order valence-corrected chi connectivity index (χ4v) is 2.48. The fourth-order valence-electron chi connectivity index (χ4n) is 2.48. The number of ether oxygens (including phenoxy) is 3. The van der Waals surface area contributed by atoms with Crippen LogP contribution in [0, 0.1) is 0 Å². The third kappa shape index (κ3) is 4.79. The molecule has 0 fully saturated rings. The highest BCUT2D eigenvalue weighted by Crippen LogP contribution is 2.32. The Morgan fingerprint density at radius 2 is 1.96 bits per heavy atom. The van der Waals surface area contributed by atoms with Crippen LogP contribution < -0.4 is 24.8 Å². The van der Waals surface area contributed by atoms with E-state index in [0.29, 0.717) is 25.4 Å². The molecule has 2 amide bonds. The van der Waals surface area contributed by atoms with Gasteiger partial charge in [0.2, 0.25) is 6.79 Å². The van der Waals surface area contributed by atoms with Crippen molar-refractivity contribution in [3.63, 3.8) is 0 Å². The van der Waals surface area contributed by atoms with Crippen molar-refractivity contribution in [2.75, 3.05) is 19.9 Å². The van der Waals surface area contributed by atoms with Gasteiger partial charge in [0.1, 0.15) is 12.4 Å². The number of amides is 2. The van der Waals surface area contributed by atoms with Crippen molar-refractivity contribution >= 4 is 6.03 Å². The monoisotopic (exact) mass is 342 g/mol. The van der Waals surface area contributed by atoms with Crippen LogP contribution in [0.15, 0.2) is 42.5 Å². The molecule has 0 aromatic heterocycles. The maximum absolute atomic E-state index is 11.8. The predicted octanol–water partition coefficient (Wildman–Crippen LogP) is 2.86. The number of hydrogen-bond acceptors (Lipinski definition) is 4. The van der Waals surface area contributed by atoms with Gasteiger partial charge in [0.05, 0.1) is 6.54 Å². The summed E-state index contributed by atoms with van der Waals surface area (Å²) in [5.41, 5.74) is 2.18. The van der Waals surface area contributed by atoms with Gasteiger partial charge in [-0.3, -0.25) is 0 Å². The van der Waals surface area contributed by atoms with Crippen LogP contribution in [-0.2, 0) is 13.0 Å². The molecule has 1 aliphatic rings. The minimum Gasteiger partial charge on any atom is -0.492 e. The summed E-state index contributed by atoms with van der Waals surface area (Å²) in [7, 11) is 0. The van der Waals surface area contributed by atoms with Crippen LogP contribution in [0.3, 0.4) is 0 Å². The summed E-state index contributed by atoms with van der Waals surface area (Å²) in [5.74, 6) is 2.27. The third-order valence-corrected chi connectivity index (χ3v) is 3.85. The van der Waals surface area contributed by atoms with Gasteiger partial charge in [-0.2, -0.15) is 0 Å². The summed E-state index contributed by atoms with van der Waals surface area (Å²) >= 11 is 0. The van der Waals surface area contributed by atoms with E-state index >= 15 is 0 Å². The van der Waals surface area contributed by atoms with Gasteiger partial charge in [0.15, 0.2) is 11.5 Å². The number of nitrogens with one attached hydrogen (secondary N) is 2. The number of carbonyl (C=O) groups excluding carboxylic acids is 1. The first-order valence-corrected chi connectivity index (χ1v) is 8.36. The maximum Gasteiger partial charge on any atom is 0.315 e. The highest BCUT2D eigenvalue weighted by Gasteiger charge is 2.13. The van der Waals surface area contributed by atoms with Gasteiger partial charge < -0.3 is 24.8 Å². The van der Waals surface area contributed by atoms with E-state index in [2.05, 4.69) is 23.6 Å². The Morgan fingerprint density at radius 1 is 1.08 bits per heavy atom. The molecule has 25 heavy (non-hydrogen) atoms. The van der Waals surface area contributed by atoms with Crippen LogP contribution in [0.5, 0.6) is 17.2 Å². The molecule has 0 atom stereocenters. The third-order valence-electron chi connectivity index (χ3n) is 3.85. The van der Waals surface area contributed by atoms with Crippen molar-refractivity contribution < 1.29 is 19.0 Å². The van der Waals surface area contributed by atoms with Gasteiger partial charge in [-0.15, -0.1) is 0 Å². The highest BCUT2D eigenvalue weighted by atomic mass is 16.7. The van der Waals surface area contributed by atoms with Crippen molar-refractivity contribution in [2.45, 2.75) is 19.9 Å². The second-order valence-corrected chi connectivity index (χ2v) is 5.65. The molecule has 0 bridgehead atoms. The first kappa shape index (κ1) is 17.0. The molecule has 1 heterocycles. The first-order chi connectivity index (χ1) is 12.2. The molecule has 0 saturated heterocycles.